The molecule has 0 aromatic carbocycles. The number of rotatable bonds is 5. The Labute approximate surface area is 96.2 Å². The van der Waals surface area contributed by atoms with E-state index in [0.717, 1.165) is 12.5 Å². The lowest BCUT2D eigenvalue weighted by Crippen LogP contribution is -2.26. The molecule has 15 heavy (non-hydrogen) atoms. The van der Waals surface area contributed by atoms with Crippen LogP contribution in [0.5, 0.6) is 0 Å². The van der Waals surface area contributed by atoms with Gasteiger partial charge in [-0.1, -0.05) is 25.0 Å². The van der Waals surface area contributed by atoms with Gasteiger partial charge < -0.3 is 5.32 Å². The van der Waals surface area contributed by atoms with Crippen LogP contribution in [0.25, 0.3) is 0 Å². The Kier molecular flexibility index (Phi) is 3.98. The lowest BCUT2D eigenvalue weighted by atomic mass is 9.97. The van der Waals surface area contributed by atoms with Crippen molar-refractivity contribution in [2.75, 3.05) is 6.54 Å². The quantitative estimate of drug-likeness (QED) is 0.747. The third-order valence-corrected chi connectivity index (χ3v) is 4.16. The molecule has 1 saturated carbocycles. The van der Waals surface area contributed by atoms with Gasteiger partial charge in [-0.15, -0.1) is 17.9 Å². The van der Waals surface area contributed by atoms with Crippen LogP contribution in [0.2, 0.25) is 0 Å². The van der Waals surface area contributed by atoms with Crippen LogP contribution in [0.1, 0.15) is 36.6 Å². The Morgan fingerprint density at radius 3 is 2.93 bits per heavy atom. The van der Waals surface area contributed by atoms with Gasteiger partial charge in [0.15, 0.2) is 0 Å². The third-order valence-electron chi connectivity index (χ3n) is 3.20. The van der Waals surface area contributed by atoms with Crippen LogP contribution in [0.15, 0.2) is 30.2 Å². The average molecular weight is 221 g/mol. The summed E-state index contributed by atoms with van der Waals surface area (Å²) in [6.45, 7) is 4.70. The van der Waals surface area contributed by atoms with E-state index in [1.54, 1.807) is 0 Å². The molecule has 1 unspecified atom stereocenters. The highest BCUT2D eigenvalue weighted by atomic mass is 32.1. The van der Waals surface area contributed by atoms with Crippen LogP contribution >= 0.6 is 11.3 Å². The van der Waals surface area contributed by atoms with Gasteiger partial charge in [0.2, 0.25) is 0 Å². The zero-order chi connectivity index (χ0) is 10.5. The summed E-state index contributed by atoms with van der Waals surface area (Å²) in [6.07, 6.45) is 7.53. The maximum atomic E-state index is 3.78. The fourth-order valence-corrected chi connectivity index (χ4v) is 3.36. The van der Waals surface area contributed by atoms with Crippen LogP contribution in [0.4, 0.5) is 0 Å². The largest absolute Gasteiger partial charge is 0.306 e. The highest BCUT2D eigenvalue weighted by Gasteiger charge is 2.26. The molecule has 2 heteroatoms. The lowest BCUT2D eigenvalue weighted by Gasteiger charge is -2.23. The summed E-state index contributed by atoms with van der Waals surface area (Å²) in [5.41, 5.74) is 0. The van der Waals surface area contributed by atoms with Crippen LogP contribution in [-0.4, -0.2) is 6.54 Å². The maximum absolute atomic E-state index is 3.78. The van der Waals surface area contributed by atoms with E-state index in [4.69, 9.17) is 0 Å². The van der Waals surface area contributed by atoms with Crippen LogP contribution < -0.4 is 5.32 Å². The summed E-state index contributed by atoms with van der Waals surface area (Å²) >= 11 is 1.87. The first-order valence-electron chi connectivity index (χ1n) is 5.79. The molecule has 2 rings (SSSR count). The van der Waals surface area contributed by atoms with Crippen molar-refractivity contribution in [3.8, 4) is 0 Å². The van der Waals surface area contributed by atoms with E-state index in [0.29, 0.717) is 6.04 Å². The molecular weight excluding hydrogens is 202 g/mol. The van der Waals surface area contributed by atoms with E-state index >= 15 is 0 Å². The van der Waals surface area contributed by atoms with Crippen molar-refractivity contribution in [1.82, 2.24) is 5.32 Å². The summed E-state index contributed by atoms with van der Waals surface area (Å²) in [6, 6.07) is 4.96. The molecule has 1 atom stereocenters. The second kappa shape index (κ2) is 5.47. The molecule has 1 N–H and O–H groups in total. The Balaban J connectivity index is 2.04. The highest BCUT2D eigenvalue weighted by Crippen LogP contribution is 2.37. The summed E-state index contributed by atoms with van der Waals surface area (Å²) in [7, 11) is 0. The minimum Gasteiger partial charge on any atom is -0.306 e. The molecule has 0 amide bonds. The first kappa shape index (κ1) is 10.9. The van der Waals surface area contributed by atoms with Crippen LogP contribution in [0, 0.1) is 5.92 Å². The molecule has 0 spiro atoms. The summed E-state index contributed by atoms with van der Waals surface area (Å²) < 4.78 is 0. The lowest BCUT2D eigenvalue weighted by molar-refractivity contribution is 0.385. The molecule has 1 aliphatic rings. The van der Waals surface area contributed by atoms with Gasteiger partial charge >= 0.3 is 0 Å². The number of thiophene rings is 1. The number of nitrogens with one attached hydrogen (secondary N) is 1. The molecule has 0 radical (unpaired) electrons. The van der Waals surface area contributed by atoms with Crippen molar-refractivity contribution < 1.29 is 0 Å². The zero-order valence-corrected chi connectivity index (χ0v) is 9.93. The van der Waals surface area contributed by atoms with Gasteiger partial charge in [0.05, 0.1) is 0 Å². The van der Waals surface area contributed by atoms with Gasteiger partial charge in [-0.05, 0) is 30.2 Å². The molecule has 1 aromatic rings. The van der Waals surface area contributed by atoms with Crippen molar-refractivity contribution in [2.24, 2.45) is 5.92 Å². The molecule has 0 saturated heterocycles. The Bertz CT molecular complexity index is 285. The second-order valence-electron chi connectivity index (χ2n) is 4.23. The van der Waals surface area contributed by atoms with Gasteiger partial charge in [0.1, 0.15) is 0 Å². The number of hydrogen-bond donors (Lipinski definition) is 1. The van der Waals surface area contributed by atoms with E-state index in [1.807, 2.05) is 17.4 Å². The van der Waals surface area contributed by atoms with E-state index in [-0.39, 0.29) is 0 Å². The Hall–Kier alpha value is -0.600. The summed E-state index contributed by atoms with van der Waals surface area (Å²) in [4.78, 5) is 1.49. The molecule has 82 valence electrons. The predicted molar refractivity (Wildman–Crippen MR) is 67.2 cm³/mol. The van der Waals surface area contributed by atoms with Gasteiger partial charge in [-0.3, -0.25) is 0 Å². The topological polar surface area (TPSA) is 12.0 Å². The first-order chi connectivity index (χ1) is 7.42. The normalized spacial score (nSPS) is 19.2. The van der Waals surface area contributed by atoms with Gasteiger partial charge in [-0.25, -0.2) is 0 Å². The molecule has 1 nitrogen and oxygen atoms in total. The molecule has 1 aliphatic carbocycles. The highest BCUT2D eigenvalue weighted by molar-refractivity contribution is 7.10. The minimum atomic E-state index is 0.561. The van der Waals surface area contributed by atoms with Crippen molar-refractivity contribution in [2.45, 2.75) is 31.7 Å². The molecular formula is C13H19NS. The van der Waals surface area contributed by atoms with Crippen molar-refractivity contribution >= 4 is 11.3 Å². The van der Waals surface area contributed by atoms with E-state index in [9.17, 15) is 0 Å². The maximum Gasteiger partial charge on any atom is 0.0445 e. The molecule has 1 heterocycles. The zero-order valence-electron chi connectivity index (χ0n) is 9.11. The SMILES string of the molecule is C=CCNC(c1cccs1)C1CCCC1. The monoisotopic (exact) mass is 221 g/mol. The van der Waals surface area contributed by atoms with Gasteiger partial charge in [-0.2, -0.15) is 0 Å². The van der Waals surface area contributed by atoms with E-state index in [2.05, 4.69) is 29.4 Å². The fraction of sp³-hybridized carbons (Fsp3) is 0.538. The number of hydrogen-bond acceptors (Lipinski definition) is 2. The first-order valence-corrected chi connectivity index (χ1v) is 6.67. The standard InChI is InChI=1S/C13H19NS/c1-2-9-14-13(11-6-3-4-7-11)12-8-5-10-15-12/h2,5,8,10-11,13-14H,1,3-4,6-7,9H2. The van der Waals surface area contributed by atoms with E-state index in [1.165, 1.54) is 30.6 Å². The predicted octanol–water partition coefficient (Wildman–Crippen LogP) is 3.76. The Morgan fingerprint density at radius 2 is 2.33 bits per heavy atom. The van der Waals surface area contributed by atoms with Crippen molar-refractivity contribution in [3.63, 3.8) is 0 Å². The average Bonchev–Trinajstić information content (AvgIpc) is 2.90. The van der Waals surface area contributed by atoms with Crippen molar-refractivity contribution in [1.29, 1.82) is 0 Å². The van der Waals surface area contributed by atoms with Gasteiger partial charge in [0.25, 0.3) is 0 Å². The molecule has 0 aliphatic heterocycles. The molecule has 0 bridgehead atoms. The molecule has 1 fully saturated rings. The van der Waals surface area contributed by atoms with E-state index < -0.39 is 0 Å². The second-order valence-corrected chi connectivity index (χ2v) is 5.21. The van der Waals surface area contributed by atoms with Crippen LogP contribution in [0.3, 0.4) is 0 Å². The Morgan fingerprint density at radius 1 is 1.53 bits per heavy atom. The minimum absolute atomic E-state index is 0.561. The smallest absolute Gasteiger partial charge is 0.0445 e. The summed E-state index contributed by atoms with van der Waals surface area (Å²) in [5.74, 6) is 0.837. The van der Waals surface area contributed by atoms with Crippen LogP contribution in [-0.2, 0) is 0 Å². The fourth-order valence-electron chi connectivity index (χ4n) is 2.47. The third kappa shape index (κ3) is 2.70. The molecule has 1 aromatic heterocycles. The van der Waals surface area contributed by atoms with Gasteiger partial charge in [0, 0.05) is 17.5 Å². The van der Waals surface area contributed by atoms with Crippen molar-refractivity contribution in [3.05, 3.63) is 35.0 Å². The summed E-state index contributed by atoms with van der Waals surface area (Å²) in [5, 5.41) is 5.78.